The molecule has 0 aromatic heterocycles. The summed E-state index contributed by atoms with van der Waals surface area (Å²) in [6.07, 6.45) is 0. The van der Waals surface area contributed by atoms with Gasteiger partial charge in [-0.05, 0) is 30.1 Å². The molecule has 14 heavy (non-hydrogen) atoms. The lowest BCUT2D eigenvalue weighted by molar-refractivity contribution is 0.0691. The third-order valence-electron chi connectivity index (χ3n) is 1.50. The standard InChI is InChI=1S/C9H10FNO2S/c1-2-11-14-6-3-4-8(10)7(5-6)9(12)13/h3-5,11H,2H2,1H3,(H,12,13). The first-order chi connectivity index (χ1) is 6.65. The minimum Gasteiger partial charge on any atom is -0.478 e. The lowest BCUT2D eigenvalue weighted by Crippen LogP contribution is -2.03. The maximum Gasteiger partial charge on any atom is 0.338 e. The van der Waals surface area contributed by atoms with Crippen LogP contribution in [0.2, 0.25) is 0 Å². The summed E-state index contributed by atoms with van der Waals surface area (Å²) < 4.78 is 15.9. The summed E-state index contributed by atoms with van der Waals surface area (Å²) in [5, 5.41) is 8.65. The molecule has 0 saturated heterocycles. The van der Waals surface area contributed by atoms with Gasteiger partial charge in [0.05, 0.1) is 5.56 Å². The average Bonchev–Trinajstić information content (AvgIpc) is 2.16. The van der Waals surface area contributed by atoms with E-state index in [0.29, 0.717) is 4.90 Å². The predicted octanol–water partition coefficient (Wildman–Crippen LogP) is 2.14. The molecule has 0 radical (unpaired) electrons. The van der Waals surface area contributed by atoms with E-state index in [-0.39, 0.29) is 5.56 Å². The SMILES string of the molecule is CCNSc1ccc(F)c(C(=O)O)c1. The summed E-state index contributed by atoms with van der Waals surface area (Å²) in [5.74, 6) is -1.96. The summed E-state index contributed by atoms with van der Waals surface area (Å²) in [4.78, 5) is 11.3. The van der Waals surface area contributed by atoms with Crippen molar-refractivity contribution in [2.45, 2.75) is 11.8 Å². The molecule has 5 heteroatoms. The summed E-state index contributed by atoms with van der Waals surface area (Å²) in [6.45, 7) is 2.68. The van der Waals surface area contributed by atoms with Gasteiger partial charge >= 0.3 is 5.97 Å². The summed E-state index contributed by atoms with van der Waals surface area (Å²) in [5.41, 5.74) is -0.298. The minimum atomic E-state index is -1.25. The summed E-state index contributed by atoms with van der Waals surface area (Å²) >= 11 is 1.28. The van der Waals surface area contributed by atoms with Crippen molar-refractivity contribution in [3.05, 3.63) is 29.6 Å². The zero-order valence-electron chi connectivity index (χ0n) is 7.58. The van der Waals surface area contributed by atoms with Crippen molar-refractivity contribution < 1.29 is 14.3 Å². The molecule has 0 unspecified atom stereocenters. The monoisotopic (exact) mass is 215 g/mol. The van der Waals surface area contributed by atoms with Gasteiger partial charge < -0.3 is 5.11 Å². The molecule has 1 aromatic rings. The second-order valence-corrected chi connectivity index (χ2v) is 3.51. The van der Waals surface area contributed by atoms with Gasteiger partial charge in [-0.25, -0.2) is 9.18 Å². The highest BCUT2D eigenvalue weighted by Gasteiger charge is 2.10. The van der Waals surface area contributed by atoms with Crippen molar-refractivity contribution in [1.29, 1.82) is 0 Å². The average molecular weight is 215 g/mol. The molecule has 0 bridgehead atoms. The van der Waals surface area contributed by atoms with Crippen molar-refractivity contribution in [3.8, 4) is 0 Å². The van der Waals surface area contributed by atoms with Gasteiger partial charge in [-0.3, -0.25) is 4.72 Å². The van der Waals surface area contributed by atoms with Crippen LogP contribution in [-0.4, -0.2) is 17.6 Å². The van der Waals surface area contributed by atoms with Gasteiger partial charge in [-0.15, -0.1) is 0 Å². The Balaban J connectivity index is 2.89. The smallest absolute Gasteiger partial charge is 0.338 e. The van der Waals surface area contributed by atoms with E-state index in [2.05, 4.69) is 4.72 Å². The maximum atomic E-state index is 12.9. The van der Waals surface area contributed by atoms with E-state index in [9.17, 15) is 9.18 Å². The first-order valence-corrected chi connectivity index (χ1v) is 4.89. The fraction of sp³-hybridized carbons (Fsp3) is 0.222. The second-order valence-electron chi connectivity index (χ2n) is 2.55. The quantitative estimate of drug-likeness (QED) is 0.755. The Bertz CT molecular complexity index is 344. The van der Waals surface area contributed by atoms with Crippen LogP contribution in [0.4, 0.5) is 4.39 Å². The highest BCUT2D eigenvalue weighted by atomic mass is 32.2. The molecule has 0 spiro atoms. The number of carbonyl (C=O) groups is 1. The Morgan fingerprint density at radius 1 is 1.64 bits per heavy atom. The van der Waals surface area contributed by atoms with Gasteiger partial charge in [-0.1, -0.05) is 6.92 Å². The molecular formula is C9H10FNO2S. The third kappa shape index (κ3) is 2.71. The first kappa shape index (κ1) is 11.0. The van der Waals surface area contributed by atoms with Crippen LogP contribution in [0.5, 0.6) is 0 Å². The van der Waals surface area contributed by atoms with Gasteiger partial charge in [0.1, 0.15) is 5.82 Å². The van der Waals surface area contributed by atoms with E-state index in [1.54, 1.807) is 0 Å². The molecule has 0 fully saturated rings. The Hall–Kier alpha value is -1.07. The number of carboxylic acid groups (broad SMARTS) is 1. The van der Waals surface area contributed by atoms with E-state index in [0.717, 1.165) is 12.6 Å². The van der Waals surface area contributed by atoms with E-state index in [1.807, 2.05) is 6.92 Å². The van der Waals surface area contributed by atoms with E-state index in [4.69, 9.17) is 5.11 Å². The lowest BCUT2D eigenvalue weighted by atomic mass is 10.2. The van der Waals surface area contributed by atoms with Crippen molar-refractivity contribution >= 4 is 17.9 Å². The highest BCUT2D eigenvalue weighted by molar-refractivity contribution is 7.97. The van der Waals surface area contributed by atoms with Crippen LogP contribution < -0.4 is 4.72 Å². The van der Waals surface area contributed by atoms with Crippen LogP contribution in [0, 0.1) is 5.82 Å². The Morgan fingerprint density at radius 2 is 2.36 bits per heavy atom. The number of benzene rings is 1. The third-order valence-corrected chi connectivity index (χ3v) is 2.43. The number of hydrogen-bond donors (Lipinski definition) is 2. The Labute approximate surface area is 85.5 Å². The molecule has 76 valence electrons. The van der Waals surface area contributed by atoms with Gasteiger partial charge in [-0.2, -0.15) is 0 Å². The van der Waals surface area contributed by atoms with E-state index < -0.39 is 11.8 Å². The fourth-order valence-corrected chi connectivity index (χ4v) is 1.51. The van der Waals surface area contributed by atoms with Crippen LogP contribution >= 0.6 is 11.9 Å². The van der Waals surface area contributed by atoms with Crippen LogP contribution in [0.1, 0.15) is 17.3 Å². The normalized spacial score (nSPS) is 10.1. The molecule has 3 nitrogen and oxygen atoms in total. The number of halogens is 1. The Morgan fingerprint density at radius 3 is 2.93 bits per heavy atom. The predicted molar refractivity (Wildman–Crippen MR) is 52.9 cm³/mol. The molecule has 0 atom stereocenters. The largest absolute Gasteiger partial charge is 0.478 e. The van der Waals surface area contributed by atoms with E-state index >= 15 is 0 Å². The molecule has 0 aliphatic carbocycles. The molecule has 0 heterocycles. The molecule has 1 rings (SSSR count). The zero-order valence-corrected chi connectivity index (χ0v) is 8.40. The molecule has 0 saturated carbocycles. The van der Waals surface area contributed by atoms with Crippen molar-refractivity contribution in [2.24, 2.45) is 0 Å². The van der Waals surface area contributed by atoms with Gasteiger partial charge in [0, 0.05) is 11.4 Å². The van der Waals surface area contributed by atoms with Crippen LogP contribution in [0.25, 0.3) is 0 Å². The molecular weight excluding hydrogens is 205 g/mol. The minimum absolute atomic E-state index is 0.298. The first-order valence-electron chi connectivity index (χ1n) is 4.07. The molecule has 0 aliphatic heterocycles. The molecule has 0 amide bonds. The van der Waals surface area contributed by atoms with Crippen LogP contribution in [0.3, 0.4) is 0 Å². The number of aromatic carboxylic acids is 1. The van der Waals surface area contributed by atoms with Gasteiger partial charge in [0.15, 0.2) is 0 Å². The van der Waals surface area contributed by atoms with Crippen LogP contribution in [-0.2, 0) is 0 Å². The summed E-state index contributed by atoms with van der Waals surface area (Å²) in [7, 11) is 0. The van der Waals surface area contributed by atoms with Gasteiger partial charge in [0.25, 0.3) is 0 Å². The number of rotatable bonds is 4. The lowest BCUT2D eigenvalue weighted by Gasteiger charge is -2.03. The van der Waals surface area contributed by atoms with Crippen LogP contribution in [0.15, 0.2) is 23.1 Å². The zero-order chi connectivity index (χ0) is 10.6. The van der Waals surface area contributed by atoms with Gasteiger partial charge in [0.2, 0.25) is 0 Å². The van der Waals surface area contributed by atoms with Crippen molar-refractivity contribution in [2.75, 3.05) is 6.54 Å². The van der Waals surface area contributed by atoms with Crippen molar-refractivity contribution in [1.82, 2.24) is 4.72 Å². The van der Waals surface area contributed by atoms with E-state index in [1.165, 1.54) is 24.1 Å². The highest BCUT2D eigenvalue weighted by Crippen LogP contribution is 2.18. The molecule has 2 N–H and O–H groups in total. The number of hydrogen-bond acceptors (Lipinski definition) is 3. The topological polar surface area (TPSA) is 49.3 Å². The number of nitrogens with one attached hydrogen (secondary N) is 1. The Kier molecular flexibility index (Phi) is 3.91. The second kappa shape index (κ2) is 4.97. The number of carboxylic acids is 1. The molecule has 1 aromatic carbocycles. The maximum absolute atomic E-state index is 12.9. The van der Waals surface area contributed by atoms with Crippen molar-refractivity contribution in [3.63, 3.8) is 0 Å². The summed E-state index contributed by atoms with van der Waals surface area (Å²) in [6, 6.07) is 4.00. The molecule has 0 aliphatic rings. The fourth-order valence-electron chi connectivity index (χ4n) is 0.887.